The molecule has 30 heavy (non-hydrogen) atoms. The summed E-state index contributed by atoms with van der Waals surface area (Å²) in [7, 11) is 0. The van der Waals surface area contributed by atoms with Gasteiger partial charge in [-0.15, -0.1) is 23.2 Å². The van der Waals surface area contributed by atoms with Crippen molar-refractivity contribution in [3.8, 4) is 0 Å². The second-order valence-electron chi connectivity index (χ2n) is 6.99. The Balaban J connectivity index is 1.33. The van der Waals surface area contributed by atoms with Gasteiger partial charge in [0.2, 0.25) is 0 Å². The first kappa shape index (κ1) is 22.2. The summed E-state index contributed by atoms with van der Waals surface area (Å²) in [5.74, 6) is 0.823. The van der Waals surface area contributed by atoms with Crippen LogP contribution in [0.25, 0.3) is 0 Å². The second kappa shape index (κ2) is 11.1. The maximum absolute atomic E-state index is 12.1. The molecule has 0 aliphatic heterocycles. The van der Waals surface area contributed by atoms with Crippen LogP contribution in [0.3, 0.4) is 0 Å². The van der Waals surface area contributed by atoms with Gasteiger partial charge in [0.25, 0.3) is 11.8 Å². The number of halogens is 2. The minimum Gasteiger partial charge on any atom is -0.484 e. The summed E-state index contributed by atoms with van der Waals surface area (Å²) < 4.78 is 10.9. The van der Waals surface area contributed by atoms with Crippen molar-refractivity contribution in [2.75, 3.05) is 13.2 Å². The number of nitrogens with one attached hydrogen (secondary N) is 2. The molecular formula is C22H24Cl2N2O4. The summed E-state index contributed by atoms with van der Waals surface area (Å²) in [6.45, 7) is -0.145. The van der Waals surface area contributed by atoms with Crippen molar-refractivity contribution in [3.05, 3.63) is 71.9 Å². The summed E-state index contributed by atoms with van der Waals surface area (Å²) in [4.78, 5) is 24.1. The van der Waals surface area contributed by atoms with Crippen LogP contribution in [0, 0.1) is 0 Å². The predicted molar refractivity (Wildman–Crippen MR) is 117 cm³/mol. The average Bonchev–Trinajstić information content (AvgIpc) is 2.74. The first-order chi connectivity index (χ1) is 14.5. The first-order valence-electron chi connectivity index (χ1n) is 9.76. The maximum atomic E-state index is 12.1. The molecule has 3 atom stereocenters. The van der Waals surface area contributed by atoms with Gasteiger partial charge in [0.1, 0.15) is 11.5 Å². The Bertz CT molecular complexity index is 842. The Morgan fingerprint density at radius 1 is 0.833 bits per heavy atom. The van der Waals surface area contributed by atoms with Crippen molar-refractivity contribution in [2.45, 2.75) is 36.1 Å². The van der Waals surface area contributed by atoms with E-state index < -0.39 is 0 Å². The molecule has 6 nitrogen and oxygen atoms in total. The molecule has 3 unspecified atom stereocenters. The van der Waals surface area contributed by atoms with Crippen LogP contribution in [-0.4, -0.2) is 41.8 Å². The molecule has 0 aromatic heterocycles. The number of alkyl halides is 2. The number of rotatable bonds is 8. The van der Waals surface area contributed by atoms with Crippen molar-refractivity contribution in [2.24, 2.45) is 0 Å². The molecule has 0 radical (unpaired) electrons. The summed E-state index contributed by atoms with van der Waals surface area (Å²) in [6.07, 6.45) is 18.3. The molecule has 0 heterocycles. The number of carbonyl (C=O) groups excluding carboxylic acids is 2. The highest BCUT2D eigenvalue weighted by atomic mass is 35.5. The van der Waals surface area contributed by atoms with E-state index >= 15 is 0 Å². The zero-order valence-electron chi connectivity index (χ0n) is 16.4. The van der Waals surface area contributed by atoms with Crippen LogP contribution in [0.15, 0.2) is 71.9 Å². The van der Waals surface area contributed by atoms with Crippen LogP contribution in [0.2, 0.25) is 0 Å². The van der Waals surface area contributed by atoms with E-state index in [4.69, 9.17) is 32.7 Å². The zero-order chi connectivity index (χ0) is 21.3. The molecule has 0 saturated heterocycles. The Hall–Kier alpha value is -2.44. The zero-order valence-corrected chi connectivity index (χ0v) is 17.9. The van der Waals surface area contributed by atoms with E-state index in [1.165, 1.54) is 0 Å². The Morgan fingerprint density at radius 2 is 1.43 bits per heavy atom. The molecule has 3 rings (SSSR count). The maximum Gasteiger partial charge on any atom is 0.262 e. The van der Waals surface area contributed by atoms with E-state index in [1.807, 2.05) is 36.5 Å². The molecule has 0 fully saturated rings. The van der Waals surface area contributed by atoms with Crippen molar-refractivity contribution in [3.63, 3.8) is 0 Å². The highest BCUT2D eigenvalue weighted by Crippen LogP contribution is 2.17. The van der Waals surface area contributed by atoms with Crippen molar-refractivity contribution in [1.29, 1.82) is 0 Å². The average molecular weight is 451 g/mol. The first-order valence-corrected chi connectivity index (χ1v) is 10.6. The van der Waals surface area contributed by atoms with Crippen LogP contribution < -0.4 is 10.6 Å². The van der Waals surface area contributed by atoms with Gasteiger partial charge in [0.15, 0.2) is 13.2 Å². The summed E-state index contributed by atoms with van der Waals surface area (Å²) >= 11 is 11.9. The monoisotopic (exact) mass is 450 g/mol. The molecular weight excluding hydrogens is 427 g/mol. The van der Waals surface area contributed by atoms with Crippen molar-refractivity contribution < 1.29 is 19.1 Å². The molecule has 2 N–H and O–H groups in total. The fourth-order valence-corrected chi connectivity index (χ4v) is 3.25. The van der Waals surface area contributed by atoms with Crippen LogP contribution in [-0.2, 0) is 19.1 Å². The van der Waals surface area contributed by atoms with Crippen molar-refractivity contribution >= 4 is 35.0 Å². The molecule has 3 aliphatic rings. The highest BCUT2D eigenvalue weighted by Gasteiger charge is 2.15. The van der Waals surface area contributed by atoms with Crippen LogP contribution in [0.1, 0.15) is 19.3 Å². The summed E-state index contributed by atoms with van der Waals surface area (Å²) in [5, 5.41) is 5.61. The quantitative estimate of drug-likeness (QED) is 0.555. The van der Waals surface area contributed by atoms with E-state index in [1.54, 1.807) is 18.2 Å². The minimum atomic E-state index is -0.253. The van der Waals surface area contributed by atoms with Crippen molar-refractivity contribution in [1.82, 2.24) is 10.6 Å². The predicted octanol–water partition coefficient (Wildman–Crippen LogP) is 3.37. The van der Waals surface area contributed by atoms with E-state index in [9.17, 15) is 9.59 Å². The van der Waals surface area contributed by atoms with Gasteiger partial charge in [-0.05, 0) is 49.6 Å². The van der Waals surface area contributed by atoms with Gasteiger partial charge >= 0.3 is 0 Å². The highest BCUT2D eigenvalue weighted by molar-refractivity contribution is 6.22. The van der Waals surface area contributed by atoms with Crippen LogP contribution in [0.5, 0.6) is 0 Å². The Kier molecular flexibility index (Phi) is 8.22. The molecule has 0 aromatic rings. The Labute approximate surface area is 186 Å². The van der Waals surface area contributed by atoms with Gasteiger partial charge < -0.3 is 20.1 Å². The second-order valence-corrected chi connectivity index (χ2v) is 8.11. The molecule has 160 valence electrons. The largest absolute Gasteiger partial charge is 0.484 e. The third-order valence-corrected chi connectivity index (χ3v) is 5.14. The standard InChI is InChI=1S/C22H24Cl2N2O4/c23-15-1-9-19(10-2-15)29-13-21(27)25-17-5-7-18(8-6-17)26-22(28)14-30-20-11-3-16(24)4-12-20/h1,3,5-7,9-12,15-16,18H,2,4,8,13-14H2,(H,25,27)(H,26,28). The normalized spacial score (nSPS) is 25.0. The third kappa shape index (κ3) is 7.43. The molecule has 3 aliphatic carbocycles. The fourth-order valence-electron chi connectivity index (χ4n) is 2.93. The number of amides is 2. The number of carbonyl (C=O) groups is 2. The van der Waals surface area contributed by atoms with Crippen LogP contribution in [0.4, 0.5) is 0 Å². The van der Waals surface area contributed by atoms with Gasteiger partial charge in [-0.2, -0.15) is 0 Å². The van der Waals surface area contributed by atoms with E-state index in [0.717, 1.165) is 0 Å². The summed E-state index contributed by atoms with van der Waals surface area (Å²) in [6, 6.07) is -0.151. The minimum absolute atomic E-state index is 0.0218. The lowest BCUT2D eigenvalue weighted by Gasteiger charge is -2.19. The van der Waals surface area contributed by atoms with Gasteiger partial charge in [-0.3, -0.25) is 9.59 Å². The van der Waals surface area contributed by atoms with Gasteiger partial charge in [0, 0.05) is 5.70 Å². The van der Waals surface area contributed by atoms with Gasteiger partial charge in [-0.1, -0.05) is 24.3 Å². The Morgan fingerprint density at radius 3 is 1.93 bits per heavy atom. The smallest absolute Gasteiger partial charge is 0.262 e. The molecule has 2 amide bonds. The number of hydrogen-bond donors (Lipinski definition) is 2. The molecule has 0 aromatic carbocycles. The van der Waals surface area contributed by atoms with E-state index in [2.05, 4.69) is 10.6 Å². The number of hydrogen-bond acceptors (Lipinski definition) is 4. The lowest BCUT2D eigenvalue weighted by atomic mass is 10.1. The SMILES string of the molecule is O=C(COC1=CCC(Cl)C=C1)NC1=CCC(NC(=O)COC2=CCC(Cl)C=C2)C=C1. The van der Waals surface area contributed by atoms with Crippen LogP contribution >= 0.6 is 23.2 Å². The number of ether oxygens (including phenoxy) is 2. The van der Waals surface area contributed by atoms with E-state index in [0.29, 0.717) is 36.5 Å². The molecule has 8 heteroatoms. The lowest BCUT2D eigenvalue weighted by Crippen LogP contribution is -2.37. The number of allylic oxidation sites excluding steroid dienone is 7. The van der Waals surface area contributed by atoms with Gasteiger partial charge in [0.05, 0.1) is 16.8 Å². The lowest BCUT2D eigenvalue weighted by molar-refractivity contribution is -0.125. The third-order valence-electron chi connectivity index (χ3n) is 4.50. The molecule has 0 saturated carbocycles. The summed E-state index contributed by atoms with van der Waals surface area (Å²) in [5.41, 5.74) is 0.674. The topological polar surface area (TPSA) is 76.7 Å². The molecule has 0 bridgehead atoms. The van der Waals surface area contributed by atoms with E-state index in [-0.39, 0.29) is 41.8 Å². The molecule has 0 spiro atoms. The fraction of sp³-hybridized carbons (Fsp3) is 0.364. The van der Waals surface area contributed by atoms with Gasteiger partial charge in [-0.25, -0.2) is 0 Å².